The smallest absolute Gasteiger partial charge is 0.410 e. The number of amides is 1. The standard InChI is InChI=1S/C13H26N2O3/c1-12(2,3)18-11(17)15(9-8-14(4)5)13(10-16)6-7-13/h16H,6-10H2,1-5H3. The van der Waals surface area contributed by atoms with Crippen LogP contribution in [0.1, 0.15) is 33.6 Å². The van der Waals surface area contributed by atoms with Gasteiger partial charge in [0, 0.05) is 13.1 Å². The van der Waals surface area contributed by atoms with Crippen molar-refractivity contribution in [3.05, 3.63) is 0 Å². The summed E-state index contributed by atoms with van der Waals surface area (Å²) in [5.41, 5.74) is -0.878. The molecule has 0 saturated heterocycles. The molecule has 18 heavy (non-hydrogen) atoms. The van der Waals surface area contributed by atoms with Gasteiger partial charge in [0.05, 0.1) is 12.1 Å². The second-order valence-electron chi connectivity index (χ2n) is 6.32. The van der Waals surface area contributed by atoms with Gasteiger partial charge in [-0.15, -0.1) is 0 Å². The molecule has 1 N–H and O–H groups in total. The lowest BCUT2D eigenvalue weighted by molar-refractivity contribution is 0.00340. The van der Waals surface area contributed by atoms with Crippen molar-refractivity contribution in [1.29, 1.82) is 0 Å². The zero-order valence-corrected chi connectivity index (χ0v) is 12.2. The Balaban J connectivity index is 2.68. The molecule has 5 heteroatoms. The Kier molecular flexibility index (Phi) is 4.61. The van der Waals surface area contributed by atoms with Crippen LogP contribution in [0.2, 0.25) is 0 Å². The summed E-state index contributed by atoms with van der Waals surface area (Å²) < 4.78 is 5.42. The molecule has 0 aromatic heterocycles. The third-order valence-corrected chi connectivity index (χ3v) is 3.08. The molecule has 5 nitrogen and oxygen atoms in total. The van der Waals surface area contributed by atoms with Crippen molar-refractivity contribution in [3.63, 3.8) is 0 Å². The van der Waals surface area contributed by atoms with Crippen molar-refractivity contribution in [2.24, 2.45) is 0 Å². The summed E-state index contributed by atoms with van der Waals surface area (Å²) in [6.07, 6.45) is 1.39. The predicted molar refractivity (Wildman–Crippen MR) is 70.5 cm³/mol. The summed E-state index contributed by atoms with van der Waals surface area (Å²) in [7, 11) is 3.93. The number of carbonyl (C=O) groups is 1. The van der Waals surface area contributed by atoms with E-state index in [1.54, 1.807) is 4.90 Å². The van der Waals surface area contributed by atoms with Crippen molar-refractivity contribution >= 4 is 6.09 Å². The average molecular weight is 258 g/mol. The molecule has 1 saturated carbocycles. The normalized spacial score (nSPS) is 17.7. The van der Waals surface area contributed by atoms with Gasteiger partial charge in [0.1, 0.15) is 5.60 Å². The molecule has 0 aromatic rings. The van der Waals surface area contributed by atoms with Crippen LogP contribution in [0.3, 0.4) is 0 Å². The second kappa shape index (κ2) is 5.45. The van der Waals surface area contributed by atoms with Crippen LogP contribution in [-0.2, 0) is 4.74 Å². The SMILES string of the molecule is CN(C)CCN(C(=O)OC(C)(C)C)C1(CO)CC1. The first kappa shape index (κ1) is 15.2. The van der Waals surface area contributed by atoms with Gasteiger partial charge in [-0.1, -0.05) is 0 Å². The van der Waals surface area contributed by atoms with E-state index in [4.69, 9.17) is 4.74 Å². The number of aliphatic hydroxyl groups is 1. The van der Waals surface area contributed by atoms with E-state index in [1.807, 2.05) is 39.8 Å². The van der Waals surface area contributed by atoms with Crippen molar-refractivity contribution in [2.45, 2.75) is 44.8 Å². The molecule has 0 aliphatic heterocycles. The lowest BCUT2D eigenvalue weighted by Crippen LogP contribution is -2.49. The number of likely N-dealkylation sites (N-methyl/N-ethyl adjacent to an activating group) is 1. The maximum atomic E-state index is 12.2. The molecule has 1 aliphatic rings. The summed E-state index contributed by atoms with van der Waals surface area (Å²) in [5.74, 6) is 0. The van der Waals surface area contributed by atoms with Crippen LogP contribution >= 0.6 is 0 Å². The second-order valence-corrected chi connectivity index (χ2v) is 6.32. The highest BCUT2D eigenvalue weighted by Gasteiger charge is 2.50. The van der Waals surface area contributed by atoms with Gasteiger partial charge in [0.25, 0.3) is 0 Å². The van der Waals surface area contributed by atoms with Gasteiger partial charge < -0.3 is 14.7 Å². The lowest BCUT2D eigenvalue weighted by atomic mass is 10.2. The Morgan fingerprint density at radius 2 is 1.83 bits per heavy atom. The summed E-state index contributed by atoms with van der Waals surface area (Å²) in [4.78, 5) is 15.9. The van der Waals surface area contributed by atoms with Crippen LogP contribution < -0.4 is 0 Å². The van der Waals surface area contributed by atoms with E-state index in [-0.39, 0.29) is 18.2 Å². The number of ether oxygens (including phenoxy) is 1. The quantitative estimate of drug-likeness (QED) is 0.808. The number of hydrogen-bond donors (Lipinski definition) is 1. The summed E-state index contributed by atoms with van der Waals surface area (Å²) >= 11 is 0. The van der Waals surface area contributed by atoms with Crippen LogP contribution in [0, 0.1) is 0 Å². The molecule has 0 unspecified atom stereocenters. The largest absolute Gasteiger partial charge is 0.444 e. The topological polar surface area (TPSA) is 53.0 Å². The highest BCUT2D eigenvalue weighted by molar-refractivity contribution is 5.70. The van der Waals surface area contributed by atoms with E-state index in [1.165, 1.54) is 0 Å². The van der Waals surface area contributed by atoms with Crippen molar-refractivity contribution < 1.29 is 14.6 Å². The van der Waals surface area contributed by atoms with Crippen LogP contribution in [0.25, 0.3) is 0 Å². The molecule has 1 amide bonds. The van der Waals surface area contributed by atoms with E-state index in [9.17, 15) is 9.90 Å². The molecule has 1 rings (SSSR count). The van der Waals surface area contributed by atoms with E-state index >= 15 is 0 Å². The first-order chi connectivity index (χ1) is 8.20. The summed E-state index contributed by atoms with van der Waals surface area (Å²) in [5, 5.41) is 9.48. The minimum atomic E-state index is -0.501. The summed E-state index contributed by atoms with van der Waals surface area (Å²) in [6, 6.07) is 0. The van der Waals surface area contributed by atoms with Gasteiger partial charge in [0.15, 0.2) is 0 Å². The first-order valence-electron chi connectivity index (χ1n) is 6.46. The van der Waals surface area contributed by atoms with Gasteiger partial charge in [-0.3, -0.25) is 4.90 Å². The van der Waals surface area contributed by atoms with Gasteiger partial charge in [-0.2, -0.15) is 0 Å². The number of rotatable bonds is 5. The molecule has 0 aromatic carbocycles. The fraction of sp³-hybridized carbons (Fsp3) is 0.923. The van der Waals surface area contributed by atoms with Crippen LogP contribution in [0.15, 0.2) is 0 Å². The zero-order chi connectivity index (χ0) is 14.0. The number of nitrogens with zero attached hydrogens (tertiary/aromatic N) is 2. The fourth-order valence-corrected chi connectivity index (χ4v) is 1.80. The average Bonchev–Trinajstić information content (AvgIpc) is 2.95. The molecule has 0 spiro atoms. The summed E-state index contributed by atoms with van der Waals surface area (Å²) in [6.45, 7) is 6.93. The Bertz CT molecular complexity index is 293. The van der Waals surface area contributed by atoms with E-state index in [0.29, 0.717) is 6.54 Å². The van der Waals surface area contributed by atoms with Gasteiger partial charge in [-0.25, -0.2) is 4.79 Å². The van der Waals surface area contributed by atoms with E-state index < -0.39 is 5.60 Å². The molecular formula is C13H26N2O3. The molecule has 0 atom stereocenters. The molecule has 1 aliphatic carbocycles. The highest BCUT2D eigenvalue weighted by atomic mass is 16.6. The van der Waals surface area contributed by atoms with E-state index in [2.05, 4.69) is 0 Å². The Labute approximate surface area is 110 Å². The van der Waals surface area contributed by atoms with Crippen LogP contribution in [0.5, 0.6) is 0 Å². The fourth-order valence-electron chi connectivity index (χ4n) is 1.80. The molecule has 106 valence electrons. The molecule has 0 radical (unpaired) electrons. The van der Waals surface area contributed by atoms with Crippen molar-refractivity contribution in [1.82, 2.24) is 9.80 Å². The van der Waals surface area contributed by atoms with Crippen LogP contribution in [-0.4, -0.2) is 65.9 Å². The van der Waals surface area contributed by atoms with Gasteiger partial charge in [-0.05, 0) is 47.7 Å². The first-order valence-corrected chi connectivity index (χ1v) is 6.46. The monoisotopic (exact) mass is 258 g/mol. The molecule has 0 heterocycles. The third kappa shape index (κ3) is 4.14. The van der Waals surface area contributed by atoms with Crippen LogP contribution in [0.4, 0.5) is 4.79 Å². The third-order valence-electron chi connectivity index (χ3n) is 3.08. The minimum Gasteiger partial charge on any atom is -0.444 e. The maximum absolute atomic E-state index is 12.2. The maximum Gasteiger partial charge on any atom is 0.410 e. The minimum absolute atomic E-state index is 0.0136. The number of hydrogen-bond acceptors (Lipinski definition) is 4. The lowest BCUT2D eigenvalue weighted by Gasteiger charge is -2.33. The van der Waals surface area contributed by atoms with Gasteiger partial charge >= 0.3 is 6.09 Å². The highest BCUT2D eigenvalue weighted by Crippen LogP contribution is 2.41. The Hall–Kier alpha value is -0.810. The van der Waals surface area contributed by atoms with Gasteiger partial charge in [0.2, 0.25) is 0 Å². The Morgan fingerprint density at radius 1 is 1.28 bits per heavy atom. The van der Waals surface area contributed by atoms with E-state index in [0.717, 1.165) is 19.4 Å². The van der Waals surface area contributed by atoms with Crippen molar-refractivity contribution in [3.8, 4) is 0 Å². The molecule has 0 bridgehead atoms. The predicted octanol–water partition coefficient (Wildman–Crippen LogP) is 1.31. The Morgan fingerprint density at radius 3 is 2.17 bits per heavy atom. The molecular weight excluding hydrogens is 232 g/mol. The number of aliphatic hydroxyl groups excluding tert-OH is 1. The number of carbonyl (C=O) groups excluding carboxylic acids is 1. The van der Waals surface area contributed by atoms with Crippen molar-refractivity contribution in [2.75, 3.05) is 33.8 Å². The zero-order valence-electron chi connectivity index (χ0n) is 12.2. The molecule has 1 fully saturated rings.